The van der Waals surface area contributed by atoms with Crippen LogP contribution in [-0.4, -0.2) is 59.4 Å². The molecule has 1 unspecified atom stereocenters. The summed E-state index contributed by atoms with van der Waals surface area (Å²) < 4.78 is 17.5. The fourth-order valence-electron chi connectivity index (χ4n) is 4.86. The normalized spacial score (nSPS) is 35.8. The van der Waals surface area contributed by atoms with Gasteiger partial charge in [0.05, 0.1) is 31.0 Å². The molecular formula is C30H42O6. The second kappa shape index (κ2) is 14.5. The van der Waals surface area contributed by atoms with Crippen molar-refractivity contribution in [2.24, 2.45) is 5.92 Å². The van der Waals surface area contributed by atoms with E-state index in [1.807, 2.05) is 18.2 Å². The molecule has 0 saturated heterocycles. The Balaban J connectivity index is 1.70. The first-order valence-electron chi connectivity index (χ1n) is 13.1. The highest BCUT2D eigenvalue weighted by molar-refractivity contribution is 5.82. The molecule has 6 nitrogen and oxygen atoms in total. The van der Waals surface area contributed by atoms with Gasteiger partial charge in [0, 0.05) is 12.5 Å². The van der Waals surface area contributed by atoms with Crippen LogP contribution in [0.4, 0.5) is 0 Å². The summed E-state index contributed by atoms with van der Waals surface area (Å²) in [5.74, 6) is -0.123. The first-order chi connectivity index (χ1) is 17.3. The van der Waals surface area contributed by atoms with E-state index in [4.69, 9.17) is 14.2 Å². The Morgan fingerprint density at radius 1 is 1.11 bits per heavy atom. The summed E-state index contributed by atoms with van der Waals surface area (Å²) in [5, 5.41) is 21.3. The molecule has 0 saturated carbocycles. The van der Waals surface area contributed by atoms with Gasteiger partial charge in [-0.25, -0.2) is 4.79 Å². The number of hydrogen-bond acceptors (Lipinski definition) is 6. The van der Waals surface area contributed by atoms with Gasteiger partial charge in [-0.05, 0) is 51.4 Å². The van der Waals surface area contributed by atoms with Crippen LogP contribution in [0, 0.1) is 5.92 Å². The molecular weight excluding hydrogens is 456 g/mol. The molecule has 0 aromatic carbocycles. The summed E-state index contributed by atoms with van der Waals surface area (Å²) in [5.41, 5.74) is 2.24. The van der Waals surface area contributed by atoms with Crippen LogP contribution in [0.2, 0.25) is 0 Å². The Morgan fingerprint density at radius 3 is 2.72 bits per heavy atom. The molecule has 3 aliphatic rings. The summed E-state index contributed by atoms with van der Waals surface area (Å²) in [6, 6.07) is 0. The molecule has 0 amide bonds. The second-order valence-electron chi connectivity index (χ2n) is 10.3. The maximum atomic E-state index is 12.5. The zero-order valence-electron chi connectivity index (χ0n) is 21.6. The quantitative estimate of drug-likeness (QED) is 0.426. The summed E-state index contributed by atoms with van der Waals surface area (Å²) in [4.78, 5) is 12.5. The van der Waals surface area contributed by atoms with Gasteiger partial charge in [-0.3, -0.25) is 0 Å². The topological polar surface area (TPSA) is 85.2 Å². The van der Waals surface area contributed by atoms with Gasteiger partial charge in [-0.1, -0.05) is 73.3 Å². The van der Waals surface area contributed by atoms with E-state index in [0.29, 0.717) is 25.4 Å². The largest absolute Gasteiger partial charge is 0.456 e. The summed E-state index contributed by atoms with van der Waals surface area (Å²) in [6.07, 6.45) is 18.5. The molecule has 3 rings (SSSR count). The van der Waals surface area contributed by atoms with Crippen molar-refractivity contribution in [3.63, 3.8) is 0 Å². The number of aliphatic hydroxyl groups is 2. The van der Waals surface area contributed by atoms with Crippen molar-refractivity contribution < 1.29 is 29.2 Å². The van der Waals surface area contributed by atoms with Crippen molar-refractivity contribution in [3.05, 3.63) is 72.4 Å². The smallest absolute Gasteiger partial charge is 0.330 e. The SMILES string of the molecule is C=C1CC(C)C[C@H]2CC=C[C@H](C/C=C/C(=O)O[C@H]([C@@H](O)/C=C/[C@@H]3CC(C)=CCO3)C/C=C/[C@@H](O)C1)O2. The molecule has 3 heterocycles. The number of esters is 1. The predicted molar refractivity (Wildman–Crippen MR) is 141 cm³/mol. The van der Waals surface area contributed by atoms with Crippen molar-refractivity contribution in [1.82, 2.24) is 0 Å². The van der Waals surface area contributed by atoms with Gasteiger partial charge >= 0.3 is 5.97 Å². The number of carbonyl (C=O) groups excluding carboxylic acids is 1. The number of fused-ring (bicyclic) bond motifs is 2. The van der Waals surface area contributed by atoms with E-state index < -0.39 is 24.3 Å². The minimum absolute atomic E-state index is 0.0795. The standard InChI is InChI=1S/C30H42O6/c1-21-15-16-34-26(19-21)13-14-28(32)29-11-4-7-24(31)18-22(2)17-23(3)20-27-10-5-8-25(35-27)9-6-12-30(33)36-29/h4-8,12-15,23-29,31-32H,2,9-11,16-20H2,1,3H3/b7-4+,12-6+,14-13+/t23?,24-,25-,26-,27-,28+,29+/m1/s1. The maximum absolute atomic E-state index is 12.5. The minimum Gasteiger partial charge on any atom is -0.456 e. The lowest BCUT2D eigenvalue weighted by atomic mass is 9.91. The van der Waals surface area contributed by atoms with Gasteiger partial charge in [-0.2, -0.15) is 0 Å². The number of hydrogen-bond donors (Lipinski definition) is 2. The third kappa shape index (κ3) is 10.0. The molecule has 0 aromatic heterocycles. The lowest BCUT2D eigenvalue weighted by Gasteiger charge is -2.28. The lowest BCUT2D eigenvalue weighted by molar-refractivity contribution is -0.147. The van der Waals surface area contributed by atoms with Crippen LogP contribution >= 0.6 is 0 Å². The van der Waals surface area contributed by atoms with Gasteiger partial charge in [0.15, 0.2) is 0 Å². The number of aliphatic hydroxyl groups excluding tert-OH is 2. The third-order valence-electron chi connectivity index (χ3n) is 6.70. The maximum Gasteiger partial charge on any atom is 0.330 e. The zero-order chi connectivity index (χ0) is 25.9. The molecule has 2 N–H and O–H groups in total. The van der Waals surface area contributed by atoms with Crippen LogP contribution in [-0.2, 0) is 19.0 Å². The fourth-order valence-corrected chi connectivity index (χ4v) is 4.86. The van der Waals surface area contributed by atoms with E-state index in [9.17, 15) is 15.0 Å². The van der Waals surface area contributed by atoms with Crippen molar-refractivity contribution in [1.29, 1.82) is 0 Å². The molecule has 6 heteroatoms. The first kappa shape index (κ1) is 28.3. The molecule has 0 spiro atoms. The highest BCUT2D eigenvalue weighted by Crippen LogP contribution is 2.26. The highest BCUT2D eigenvalue weighted by atomic mass is 16.6. The molecule has 0 radical (unpaired) electrons. The van der Waals surface area contributed by atoms with Crippen LogP contribution < -0.4 is 0 Å². The Bertz CT molecular complexity index is 882. The Kier molecular flexibility index (Phi) is 11.4. The monoisotopic (exact) mass is 498 g/mol. The van der Waals surface area contributed by atoms with E-state index in [1.165, 1.54) is 11.6 Å². The zero-order valence-corrected chi connectivity index (χ0v) is 21.6. The molecule has 198 valence electrons. The lowest BCUT2D eigenvalue weighted by Crippen LogP contribution is -2.30. The molecule has 0 fully saturated rings. The number of carbonyl (C=O) groups is 1. The van der Waals surface area contributed by atoms with Crippen molar-refractivity contribution >= 4 is 5.97 Å². The summed E-state index contributed by atoms with van der Waals surface area (Å²) >= 11 is 0. The summed E-state index contributed by atoms with van der Waals surface area (Å²) in [6.45, 7) is 8.95. The fraction of sp³-hybridized carbons (Fsp3) is 0.567. The van der Waals surface area contributed by atoms with Crippen LogP contribution in [0.15, 0.2) is 72.4 Å². The van der Waals surface area contributed by atoms with E-state index in [1.54, 1.807) is 24.3 Å². The predicted octanol–water partition coefficient (Wildman–Crippen LogP) is 4.89. The van der Waals surface area contributed by atoms with Crippen LogP contribution in [0.3, 0.4) is 0 Å². The van der Waals surface area contributed by atoms with Gasteiger partial charge in [0.25, 0.3) is 0 Å². The third-order valence-corrected chi connectivity index (χ3v) is 6.70. The minimum atomic E-state index is -1.01. The molecule has 36 heavy (non-hydrogen) atoms. The highest BCUT2D eigenvalue weighted by Gasteiger charge is 2.23. The second-order valence-corrected chi connectivity index (χ2v) is 10.3. The van der Waals surface area contributed by atoms with E-state index >= 15 is 0 Å². The van der Waals surface area contributed by atoms with Gasteiger partial charge in [-0.15, -0.1) is 0 Å². The number of ether oxygens (including phenoxy) is 3. The van der Waals surface area contributed by atoms with Crippen molar-refractivity contribution in [2.75, 3.05) is 6.61 Å². The van der Waals surface area contributed by atoms with Crippen molar-refractivity contribution in [2.45, 2.75) is 95.4 Å². The summed E-state index contributed by atoms with van der Waals surface area (Å²) in [7, 11) is 0. The van der Waals surface area contributed by atoms with Gasteiger partial charge < -0.3 is 24.4 Å². The van der Waals surface area contributed by atoms with Gasteiger partial charge in [0.1, 0.15) is 12.2 Å². The average molecular weight is 499 g/mol. The Hall–Kier alpha value is -2.25. The van der Waals surface area contributed by atoms with Crippen LogP contribution in [0.5, 0.6) is 0 Å². The average Bonchev–Trinajstić information content (AvgIpc) is 2.81. The van der Waals surface area contributed by atoms with E-state index in [0.717, 1.165) is 31.3 Å². The number of cyclic esters (lactones) is 1. The van der Waals surface area contributed by atoms with Crippen LogP contribution in [0.1, 0.15) is 58.8 Å². The molecule has 0 aromatic rings. The van der Waals surface area contributed by atoms with Gasteiger partial charge in [0.2, 0.25) is 0 Å². The first-order valence-corrected chi connectivity index (χ1v) is 13.1. The Morgan fingerprint density at radius 2 is 1.92 bits per heavy atom. The van der Waals surface area contributed by atoms with E-state index in [-0.39, 0.29) is 24.7 Å². The molecule has 3 aliphatic heterocycles. The molecule has 0 aliphatic carbocycles. The molecule has 7 atom stereocenters. The molecule has 2 bridgehead atoms. The van der Waals surface area contributed by atoms with Crippen LogP contribution in [0.25, 0.3) is 0 Å². The Labute approximate surface area is 215 Å². The van der Waals surface area contributed by atoms with Crippen molar-refractivity contribution in [3.8, 4) is 0 Å². The van der Waals surface area contributed by atoms with E-state index in [2.05, 4.69) is 26.5 Å². The number of rotatable bonds is 3.